The predicted octanol–water partition coefficient (Wildman–Crippen LogP) is 2.19. The zero-order chi connectivity index (χ0) is 15.4. The van der Waals surface area contributed by atoms with E-state index in [-0.39, 0.29) is 22.9 Å². The number of hydrogen-bond donors (Lipinski definition) is 4. The second kappa shape index (κ2) is 5.96. The van der Waals surface area contributed by atoms with Gasteiger partial charge in [-0.05, 0) is 42.5 Å². The number of nitrogens with one attached hydrogen (secondary N) is 2. The van der Waals surface area contributed by atoms with E-state index in [1.165, 1.54) is 25.1 Å². The summed E-state index contributed by atoms with van der Waals surface area (Å²) in [7, 11) is 0. The lowest BCUT2D eigenvalue weighted by Crippen LogP contribution is -2.14. The molecule has 21 heavy (non-hydrogen) atoms. The van der Waals surface area contributed by atoms with Gasteiger partial charge < -0.3 is 21.5 Å². The highest BCUT2D eigenvalue weighted by molar-refractivity contribution is 6.08. The van der Waals surface area contributed by atoms with E-state index in [1.54, 1.807) is 24.3 Å². The van der Waals surface area contributed by atoms with Crippen molar-refractivity contribution in [2.45, 2.75) is 6.92 Å². The van der Waals surface area contributed by atoms with Gasteiger partial charge in [-0.2, -0.15) is 0 Å². The molecule has 0 aliphatic heterocycles. The molecule has 0 fully saturated rings. The number of phenols is 1. The Hall–Kier alpha value is -3.02. The average molecular weight is 285 g/mol. The van der Waals surface area contributed by atoms with Gasteiger partial charge in [0.2, 0.25) is 5.91 Å². The maximum atomic E-state index is 12.1. The summed E-state index contributed by atoms with van der Waals surface area (Å²) in [5, 5.41) is 14.7. The van der Waals surface area contributed by atoms with Gasteiger partial charge in [-0.25, -0.2) is 0 Å². The number of aromatic hydroxyl groups is 1. The maximum absolute atomic E-state index is 12.1. The van der Waals surface area contributed by atoms with E-state index in [9.17, 15) is 14.7 Å². The number of phenolic OH excluding ortho intramolecular Hbond substituents is 1. The van der Waals surface area contributed by atoms with Gasteiger partial charge in [-0.3, -0.25) is 9.59 Å². The first-order chi connectivity index (χ1) is 9.95. The van der Waals surface area contributed by atoms with Gasteiger partial charge in [0.05, 0.1) is 5.56 Å². The Balaban J connectivity index is 2.12. The molecule has 0 unspecified atom stereocenters. The number of nitrogens with two attached hydrogens (primary N) is 1. The predicted molar refractivity (Wildman–Crippen MR) is 81.2 cm³/mol. The van der Waals surface area contributed by atoms with Gasteiger partial charge in [0.1, 0.15) is 5.75 Å². The van der Waals surface area contributed by atoms with Crippen molar-refractivity contribution in [2.24, 2.45) is 0 Å². The van der Waals surface area contributed by atoms with Crippen molar-refractivity contribution < 1.29 is 14.7 Å². The topological polar surface area (TPSA) is 104 Å². The quantitative estimate of drug-likeness (QED) is 0.512. The van der Waals surface area contributed by atoms with Crippen molar-refractivity contribution in [1.29, 1.82) is 0 Å². The number of anilines is 3. The summed E-state index contributed by atoms with van der Waals surface area (Å²) in [6.45, 7) is 1.42. The molecule has 0 heterocycles. The lowest BCUT2D eigenvalue weighted by Gasteiger charge is -2.09. The first-order valence-corrected chi connectivity index (χ1v) is 6.23. The van der Waals surface area contributed by atoms with Crippen molar-refractivity contribution in [3.05, 3.63) is 48.0 Å². The van der Waals surface area contributed by atoms with Crippen LogP contribution in [0.2, 0.25) is 0 Å². The monoisotopic (exact) mass is 285 g/mol. The molecular weight excluding hydrogens is 270 g/mol. The number of nitrogen functional groups attached to an aromatic ring is 1. The summed E-state index contributed by atoms with van der Waals surface area (Å²) >= 11 is 0. The van der Waals surface area contributed by atoms with E-state index in [0.717, 1.165) is 0 Å². The summed E-state index contributed by atoms with van der Waals surface area (Å²) in [6, 6.07) is 10.8. The molecule has 0 aliphatic carbocycles. The third-order valence-corrected chi connectivity index (χ3v) is 2.74. The second-order valence-corrected chi connectivity index (χ2v) is 4.48. The summed E-state index contributed by atoms with van der Waals surface area (Å²) in [4.78, 5) is 23.0. The van der Waals surface area contributed by atoms with E-state index in [1.807, 2.05) is 0 Å². The molecule has 0 aromatic heterocycles. The molecule has 6 heteroatoms. The molecule has 5 N–H and O–H groups in total. The zero-order valence-corrected chi connectivity index (χ0v) is 11.4. The fraction of sp³-hybridized carbons (Fsp3) is 0.0667. The average Bonchev–Trinajstić information content (AvgIpc) is 2.43. The molecule has 0 saturated heterocycles. The number of amides is 2. The fourth-order valence-corrected chi connectivity index (χ4v) is 1.78. The lowest BCUT2D eigenvalue weighted by molar-refractivity contribution is -0.114. The van der Waals surface area contributed by atoms with Gasteiger partial charge in [0, 0.05) is 24.0 Å². The van der Waals surface area contributed by atoms with E-state index in [2.05, 4.69) is 10.6 Å². The van der Waals surface area contributed by atoms with E-state index in [4.69, 9.17) is 5.73 Å². The summed E-state index contributed by atoms with van der Waals surface area (Å²) in [5.41, 5.74) is 7.37. The van der Waals surface area contributed by atoms with Crippen molar-refractivity contribution in [2.75, 3.05) is 16.4 Å². The molecule has 6 nitrogen and oxygen atoms in total. The van der Waals surface area contributed by atoms with Gasteiger partial charge in [0.15, 0.2) is 0 Å². The molecule has 0 radical (unpaired) electrons. The van der Waals surface area contributed by atoms with Gasteiger partial charge in [0.25, 0.3) is 5.91 Å². The van der Waals surface area contributed by atoms with Crippen LogP contribution < -0.4 is 16.4 Å². The first-order valence-electron chi connectivity index (χ1n) is 6.23. The standard InChI is InChI=1S/C15H15N3O3/c1-9(19)17-10-2-4-11(5-3-10)18-15(21)13-8-12(20)6-7-14(13)16/h2-8,20H,16H2,1H3,(H,17,19)(H,18,21). The van der Waals surface area contributed by atoms with Crippen LogP contribution in [0.4, 0.5) is 17.1 Å². The summed E-state index contributed by atoms with van der Waals surface area (Å²) in [5.74, 6) is -0.620. The van der Waals surface area contributed by atoms with Crippen LogP contribution in [-0.2, 0) is 4.79 Å². The Bertz CT molecular complexity index is 681. The van der Waals surface area contributed by atoms with E-state index in [0.29, 0.717) is 11.4 Å². The van der Waals surface area contributed by atoms with Gasteiger partial charge >= 0.3 is 0 Å². The number of benzene rings is 2. The Morgan fingerprint density at radius 1 is 1.00 bits per heavy atom. The van der Waals surface area contributed by atoms with Crippen LogP contribution in [0, 0.1) is 0 Å². The molecule has 0 aliphatic rings. The van der Waals surface area contributed by atoms with Crippen LogP contribution >= 0.6 is 0 Å². The Kier molecular flexibility index (Phi) is 4.08. The first kappa shape index (κ1) is 14.4. The molecule has 0 spiro atoms. The second-order valence-electron chi connectivity index (χ2n) is 4.48. The number of hydrogen-bond acceptors (Lipinski definition) is 4. The molecule has 0 atom stereocenters. The van der Waals surface area contributed by atoms with Crippen molar-refractivity contribution >= 4 is 28.9 Å². The normalized spacial score (nSPS) is 9.95. The molecule has 2 aromatic carbocycles. The molecule has 2 aromatic rings. The Labute approximate surface area is 121 Å². The van der Waals surface area contributed by atoms with Crippen LogP contribution in [0.3, 0.4) is 0 Å². The highest BCUT2D eigenvalue weighted by atomic mass is 16.3. The largest absolute Gasteiger partial charge is 0.508 e. The minimum Gasteiger partial charge on any atom is -0.508 e. The summed E-state index contributed by atoms with van der Waals surface area (Å²) in [6.07, 6.45) is 0. The third kappa shape index (κ3) is 3.73. The fourth-order valence-electron chi connectivity index (χ4n) is 1.78. The molecule has 2 rings (SSSR count). The van der Waals surface area contributed by atoms with Crippen LogP contribution in [0.25, 0.3) is 0 Å². The molecule has 0 bridgehead atoms. The lowest BCUT2D eigenvalue weighted by atomic mass is 10.1. The van der Waals surface area contributed by atoms with Crippen molar-refractivity contribution in [3.8, 4) is 5.75 Å². The molecular formula is C15H15N3O3. The van der Waals surface area contributed by atoms with Crippen LogP contribution in [0.1, 0.15) is 17.3 Å². The number of rotatable bonds is 3. The summed E-state index contributed by atoms with van der Waals surface area (Å²) < 4.78 is 0. The van der Waals surface area contributed by atoms with Crippen molar-refractivity contribution in [3.63, 3.8) is 0 Å². The minimum absolute atomic E-state index is 0.0321. The zero-order valence-electron chi connectivity index (χ0n) is 11.4. The number of carbonyl (C=O) groups excluding carboxylic acids is 2. The van der Waals surface area contributed by atoms with Gasteiger partial charge in [-0.1, -0.05) is 0 Å². The van der Waals surface area contributed by atoms with Crippen molar-refractivity contribution in [1.82, 2.24) is 0 Å². The third-order valence-electron chi connectivity index (χ3n) is 2.74. The molecule has 2 amide bonds. The Morgan fingerprint density at radius 3 is 2.14 bits per heavy atom. The van der Waals surface area contributed by atoms with Crippen LogP contribution in [0.15, 0.2) is 42.5 Å². The Morgan fingerprint density at radius 2 is 1.57 bits per heavy atom. The minimum atomic E-state index is -0.421. The molecule has 0 saturated carbocycles. The number of carbonyl (C=O) groups is 2. The van der Waals surface area contributed by atoms with Crippen LogP contribution in [-0.4, -0.2) is 16.9 Å². The smallest absolute Gasteiger partial charge is 0.257 e. The SMILES string of the molecule is CC(=O)Nc1ccc(NC(=O)c2cc(O)ccc2N)cc1. The highest BCUT2D eigenvalue weighted by Gasteiger charge is 2.11. The van der Waals surface area contributed by atoms with Crippen LogP contribution in [0.5, 0.6) is 5.75 Å². The van der Waals surface area contributed by atoms with E-state index >= 15 is 0 Å². The highest BCUT2D eigenvalue weighted by Crippen LogP contribution is 2.20. The maximum Gasteiger partial charge on any atom is 0.257 e. The van der Waals surface area contributed by atoms with Gasteiger partial charge in [-0.15, -0.1) is 0 Å². The van der Waals surface area contributed by atoms with E-state index < -0.39 is 5.91 Å². The molecule has 108 valence electrons.